The van der Waals surface area contributed by atoms with E-state index in [-0.39, 0.29) is 5.56 Å². The van der Waals surface area contributed by atoms with E-state index >= 15 is 0 Å². The lowest BCUT2D eigenvalue weighted by molar-refractivity contribution is -0.123. The van der Waals surface area contributed by atoms with Crippen LogP contribution in [-0.2, 0) is 9.53 Å². The summed E-state index contributed by atoms with van der Waals surface area (Å²) in [5.41, 5.74) is 0.619. The molecule has 0 saturated heterocycles. The molecular formula is C22H26ClNO6. The van der Waals surface area contributed by atoms with Gasteiger partial charge in [0.15, 0.2) is 17.6 Å². The minimum absolute atomic E-state index is 0.183. The van der Waals surface area contributed by atoms with Crippen LogP contribution in [0, 0.1) is 0 Å². The number of carbonyl (C=O) groups is 2. The van der Waals surface area contributed by atoms with E-state index in [1.54, 1.807) is 24.3 Å². The number of ether oxygens (including phenoxy) is 4. The predicted octanol–water partition coefficient (Wildman–Crippen LogP) is 4.72. The Kier molecular flexibility index (Phi) is 8.80. The molecule has 0 radical (unpaired) electrons. The van der Waals surface area contributed by atoms with Crippen LogP contribution in [0.15, 0.2) is 36.4 Å². The number of benzene rings is 2. The van der Waals surface area contributed by atoms with E-state index in [0.29, 0.717) is 47.8 Å². The first-order chi connectivity index (χ1) is 14.4. The van der Waals surface area contributed by atoms with Crippen LogP contribution in [0.3, 0.4) is 0 Å². The molecule has 0 spiro atoms. The van der Waals surface area contributed by atoms with E-state index in [0.717, 1.165) is 0 Å². The van der Waals surface area contributed by atoms with Crippen molar-refractivity contribution in [3.63, 3.8) is 0 Å². The highest BCUT2D eigenvalue weighted by atomic mass is 35.5. The van der Waals surface area contributed by atoms with Crippen molar-refractivity contribution in [2.45, 2.75) is 33.8 Å². The van der Waals surface area contributed by atoms with Crippen molar-refractivity contribution < 1.29 is 28.5 Å². The lowest BCUT2D eigenvalue weighted by Crippen LogP contribution is -2.30. The van der Waals surface area contributed by atoms with Crippen LogP contribution in [0.25, 0.3) is 0 Å². The Morgan fingerprint density at radius 3 is 2.07 bits per heavy atom. The lowest BCUT2D eigenvalue weighted by Gasteiger charge is -2.18. The minimum atomic E-state index is -1.05. The fourth-order valence-corrected chi connectivity index (χ4v) is 2.77. The number of hydrogen-bond donors (Lipinski definition) is 1. The van der Waals surface area contributed by atoms with Crippen molar-refractivity contribution >= 4 is 29.2 Å². The number of anilines is 1. The van der Waals surface area contributed by atoms with E-state index in [1.807, 2.05) is 20.8 Å². The van der Waals surface area contributed by atoms with Gasteiger partial charge in [-0.3, -0.25) is 4.79 Å². The summed E-state index contributed by atoms with van der Waals surface area (Å²) < 4.78 is 22.2. The Morgan fingerprint density at radius 1 is 0.967 bits per heavy atom. The molecule has 0 heterocycles. The van der Waals surface area contributed by atoms with Crippen molar-refractivity contribution in [3.05, 3.63) is 47.0 Å². The van der Waals surface area contributed by atoms with Gasteiger partial charge in [-0.05, 0) is 52.0 Å². The van der Waals surface area contributed by atoms with E-state index in [4.69, 9.17) is 30.5 Å². The van der Waals surface area contributed by atoms with Crippen molar-refractivity contribution in [2.75, 3.05) is 25.1 Å². The topological polar surface area (TPSA) is 83.1 Å². The van der Waals surface area contributed by atoms with Gasteiger partial charge in [0.05, 0.1) is 36.1 Å². The monoisotopic (exact) mass is 435 g/mol. The number of para-hydroxylation sites is 1. The van der Waals surface area contributed by atoms with Gasteiger partial charge in [0.1, 0.15) is 0 Å². The SMILES string of the molecule is CCOc1cc(C(=O)OC(C)C(=O)Nc2ccccc2Cl)cc(OCC)c1OCC. The molecule has 8 heteroatoms. The number of rotatable bonds is 10. The van der Waals surface area contributed by atoms with Crippen molar-refractivity contribution in [3.8, 4) is 17.2 Å². The molecule has 1 N–H and O–H groups in total. The number of esters is 1. The highest BCUT2D eigenvalue weighted by Gasteiger charge is 2.23. The standard InChI is InChI=1S/C22H26ClNO6/c1-5-27-18-12-15(13-19(28-6-2)20(18)29-7-3)22(26)30-14(4)21(25)24-17-11-9-8-10-16(17)23/h8-14H,5-7H2,1-4H3,(H,24,25). The van der Waals surface area contributed by atoms with Gasteiger partial charge in [-0.2, -0.15) is 0 Å². The molecule has 2 aromatic rings. The summed E-state index contributed by atoms with van der Waals surface area (Å²) in [5.74, 6) is -0.0442. The van der Waals surface area contributed by atoms with Gasteiger partial charge < -0.3 is 24.3 Å². The maximum Gasteiger partial charge on any atom is 0.339 e. The number of hydrogen-bond acceptors (Lipinski definition) is 6. The zero-order chi connectivity index (χ0) is 22.1. The molecule has 1 atom stereocenters. The molecule has 0 saturated carbocycles. The highest BCUT2D eigenvalue weighted by molar-refractivity contribution is 6.33. The molecule has 0 fully saturated rings. The van der Waals surface area contributed by atoms with Gasteiger partial charge in [0.2, 0.25) is 5.75 Å². The normalized spacial score (nSPS) is 11.4. The number of nitrogens with one attached hydrogen (secondary N) is 1. The second kappa shape index (κ2) is 11.3. The summed E-state index contributed by atoms with van der Waals surface area (Å²) in [6, 6.07) is 9.82. The Morgan fingerprint density at radius 2 is 1.53 bits per heavy atom. The van der Waals surface area contributed by atoms with E-state index in [9.17, 15) is 9.59 Å². The maximum absolute atomic E-state index is 12.7. The highest BCUT2D eigenvalue weighted by Crippen LogP contribution is 2.39. The van der Waals surface area contributed by atoms with Gasteiger partial charge in [0.25, 0.3) is 5.91 Å². The molecule has 2 aromatic carbocycles. The van der Waals surface area contributed by atoms with Crippen LogP contribution < -0.4 is 19.5 Å². The zero-order valence-electron chi connectivity index (χ0n) is 17.5. The van der Waals surface area contributed by atoms with Crippen LogP contribution in [-0.4, -0.2) is 37.8 Å². The summed E-state index contributed by atoms with van der Waals surface area (Å²) >= 11 is 6.05. The quantitative estimate of drug-likeness (QED) is 0.543. The fourth-order valence-electron chi connectivity index (χ4n) is 2.59. The Balaban J connectivity index is 2.20. The summed E-state index contributed by atoms with van der Waals surface area (Å²) in [6.07, 6.45) is -1.05. The maximum atomic E-state index is 12.7. The third-order valence-electron chi connectivity index (χ3n) is 3.93. The molecule has 0 aliphatic carbocycles. The van der Waals surface area contributed by atoms with E-state index < -0.39 is 18.0 Å². The van der Waals surface area contributed by atoms with Gasteiger partial charge in [0, 0.05) is 0 Å². The van der Waals surface area contributed by atoms with Gasteiger partial charge in [-0.15, -0.1) is 0 Å². The predicted molar refractivity (Wildman–Crippen MR) is 115 cm³/mol. The van der Waals surface area contributed by atoms with E-state index in [1.165, 1.54) is 19.1 Å². The average molecular weight is 436 g/mol. The molecule has 0 aliphatic heterocycles. The van der Waals surface area contributed by atoms with Gasteiger partial charge in [-0.1, -0.05) is 23.7 Å². The first kappa shape index (κ1) is 23.3. The zero-order valence-corrected chi connectivity index (χ0v) is 18.2. The molecule has 2 rings (SSSR count). The first-order valence-electron chi connectivity index (χ1n) is 9.73. The fraction of sp³-hybridized carbons (Fsp3) is 0.364. The molecule has 1 unspecified atom stereocenters. The summed E-state index contributed by atoms with van der Waals surface area (Å²) in [6.45, 7) is 8.12. The average Bonchev–Trinajstić information content (AvgIpc) is 2.72. The van der Waals surface area contributed by atoms with E-state index in [2.05, 4.69) is 5.32 Å². The van der Waals surface area contributed by atoms with Crippen molar-refractivity contribution in [2.24, 2.45) is 0 Å². The van der Waals surface area contributed by atoms with Crippen LogP contribution in [0.2, 0.25) is 5.02 Å². The largest absolute Gasteiger partial charge is 0.490 e. The van der Waals surface area contributed by atoms with Crippen molar-refractivity contribution in [1.82, 2.24) is 0 Å². The summed E-state index contributed by atoms with van der Waals surface area (Å²) in [7, 11) is 0. The Bertz CT molecular complexity index is 859. The molecule has 30 heavy (non-hydrogen) atoms. The third kappa shape index (κ3) is 6.03. The second-order valence-electron chi connectivity index (χ2n) is 6.12. The molecule has 0 aromatic heterocycles. The van der Waals surface area contributed by atoms with Crippen LogP contribution in [0.1, 0.15) is 38.1 Å². The van der Waals surface area contributed by atoms with Gasteiger partial charge >= 0.3 is 5.97 Å². The smallest absolute Gasteiger partial charge is 0.339 e. The van der Waals surface area contributed by atoms with Crippen LogP contribution >= 0.6 is 11.6 Å². The molecule has 1 amide bonds. The number of carbonyl (C=O) groups excluding carboxylic acids is 2. The minimum Gasteiger partial charge on any atom is -0.490 e. The number of amides is 1. The summed E-state index contributed by atoms with van der Waals surface area (Å²) in [5, 5.41) is 3.03. The van der Waals surface area contributed by atoms with Crippen molar-refractivity contribution in [1.29, 1.82) is 0 Å². The van der Waals surface area contributed by atoms with Gasteiger partial charge in [-0.25, -0.2) is 4.79 Å². The molecule has 162 valence electrons. The third-order valence-corrected chi connectivity index (χ3v) is 4.26. The molecule has 0 aliphatic rings. The second-order valence-corrected chi connectivity index (χ2v) is 6.52. The molecular weight excluding hydrogens is 410 g/mol. The number of halogens is 1. The van der Waals surface area contributed by atoms with Crippen LogP contribution in [0.4, 0.5) is 5.69 Å². The first-order valence-corrected chi connectivity index (χ1v) is 10.1. The van der Waals surface area contributed by atoms with Crippen LogP contribution in [0.5, 0.6) is 17.2 Å². The molecule has 7 nitrogen and oxygen atoms in total. The summed E-state index contributed by atoms with van der Waals surface area (Å²) in [4.78, 5) is 25.1. The Labute approximate surface area is 181 Å². The lowest BCUT2D eigenvalue weighted by atomic mass is 10.1. The Hall–Kier alpha value is -2.93. The molecule has 0 bridgehead atoms.